The van der Waals surface area contributed by atoms with Crippen molar-refractivity contribution in [1.82, 2.24) is 0 Å². The highest BCUT2D eigenvalue weighted by Gasteiger charge is 2.29. The number of Topliss-reactive ketones (excluding diaryl/α,β-unsaturated/α-hetero) is 1. The quantitative estimate of drug-likeness (QED) is 0.754. The lowest BCUT2D eigenvalue weighted by molar-refractivity contribution is 0.0912. The molecule has 2 rings (SSSR count). The largest absolute Gasteiger partial charge is 0.378 e. The molecule has 1 aromatic carbocycles. The van der Waals surface area contributed by atoms with Gasteiger partial charge in [-0.15, -0.1) is 0 Å². The van der Waals surface area contributed by atoms with Gasteiger partial charge in [0.05, 0.1) is 24.2 Å². The molecule has 0 fully saturated rings. The fourth-order valence-corrected chi connectivity index (χ4v) is 3.75. The molecule has 0 radical (unpaired) electrons. The molecule has 0 saturated heterocycles. The Labute approximate surface area is 126 Å². The van der Waals surface area contributed by atoms with Gasteiger partial charge in [-0.1, -0.05) is 0 Å². The maximum atomic E-state index is 12.4. The van der Waals surface area contributed by atoms with Crippen LogP contribution in [-0.4, -0.2) is 39.2 Å². The van der Waals surface area contributed by atoms with E-state index in [1.165, 1.54) is 11.2 Å². The number of ketones is 1. The van der Waals surface area contributed by atoms with Gasteiger partial charge in [0, 0.05) is 12.1 Å². The number of nitrogens with zero attached hydrogens (tertiary/aromatic N) is 1. The average molecular weight is 311 g/mol. The predicted octanol–water partition coefficient (Wildman–Crippen LogP) is 2.01. The summed E-state index contributed by atoms with van der Waals surface area (Å²) in [5.41, 5.74) is 2.22. The van der Waals surface area contributed by atoms with Gasteiger partial charge in [0.25, 0.3) is 0 Å². The minimum atomic E-state index is -3.38. The number of hydrogen-bond acceptors (Lipinski definition) is 4. The van der Waals surface area contributed by atoms with Crippen molar-refractivity contribution in [3.63, 3.8) is 0 Å². The standard InChI is InChI=1S/C15H21NO4S/c1-11(2)20-8-9-21(18,19)16-7-6-14-10-13(12(3)17)4-5-15(14)16/h4-5,10-11H,6-9H2,1-3H3. The molecule has 1 aromatic rings. The van der Waals surface area contributed by atoms with Crippen LogP contribution in [0.4, 0.5) is 5.69 Å². The number of ether oxygens (including phenoxy) is 1. The molecule has 1 aliphatic heterocycles. The Morgan fingerprint density at radius 1 is 1.38 bits per heavy atom. The lowest BCUT2D eigenvalue weighted by Gasteiger charge is -2.20. The second-order valence-corrected chi connectivity index (χ2v) is 7.47. The molecule has 0 aliphatic carbocycles. The van der Waals surface area contributed by atoms with Gasteiger partial charge < -0.3 is 4.74 Å². The molecule has 0 bridgehead atoms. The van der Waals surface area contributed by atoms with Crippen LogP contribution in [0.3, 0.4) is 0 Å². The highest BCUT2D eigenvalue weighted by atomic mass is 32.2. The Morgan fingerprint density at radius 3 is 2.71 bits per heavy atom. The molecule has 1 aliphatic rings. The number of sulfonamides is 1. The van der Waals surface area contributed by atoms with E-state index in [9.17, 15) is 13.2 Å². The van der Waals surface area contributed by atoms with E-state index < -0.39 is 10.0 Å². The minimum absolute atomic E-state index is 0.00978. The number of rotatable bonds is 6. The molecule has 0 N–H and O–H groups in total. The van der Waals surface area contributed by atoms with E-state index >= 15 is 0 Å². The molecule has 116 valence electrons. The number of fused-ring (bicyclic) bond motifs is 1. The number of carbonyl (C=O) groups is 1. The SMILES string of the molecule is CC(=O)c1ccc2c(c1)CCN2S(=O)(=O)CCOC(C)C. The summed E-state index contributed by atoms with van der Waals surface area (Å²) in [6.45, 7) is 5.88. The fraction of sp³-hybridized carbons (Fsp3) is 0.533. The summed E-state index contributed by atoms with van der Waals surface area (Å²) < 4.78 is 31.5. The van der Waals surface area contributed by atoms with Gasteiger partial charge in [-0.25, -0.2) is 8.42 Å². The summed E-state index contributed by atoms with van der Waals surface area (Å²) in [5, 5.41) is 0. The van der Waals surface area contributed by atoms with Gasteiger partial charge in [0.15, 0.2) is 5.78 Å². The molecular weight excluding hydrogens is 290 g/mol. The molecule has 0 amide bonds. The first kappa shape index (κ1) is 16.0. The number of anilines is 1. The maximum Gasteiger partial charge on any atom is 0.237 e. The first-order chi connectivity index (χ1) is 9.81. The summed E-state index contributed by atoms with van der Waals surface area (Å²) in [4.78, 5) is 11.4. The monoisotopic (exact) mass is 311 g/mol. The molecule has 0 atom stereocenters. The molecule has 21 heavy (non-hydrogen) atoms. The normalized spacial score (nSPS) is 14.6. The smallest absolute Gasteiger partial charge is 0.237 e. The highest BCUT2D eigenvalue weighted by molar-refractivity contribution is 7.92. The van der Waals surface area contributed by atoms with Crippen LogP contribution in [0, 0.1) is 0 Å². The zero-order valence-corrected chi connectivity index (χ0v) is 13.4. The van der Waals surface area contributed by atoms with Crippen molar-refractivity contribution in [3.8, 4) is 0 Å². The zero-order chi connectivity index (χ0) is 15.6. The van der Waals surface area contributed by atoms with E-state index in [4.69, 9.17) is 4.74 Å². The number of hydrogen-bond donors (Lipinski definition) is 0. The van der Waals surface area contributed by atoms with E-state index in [1.54, 1.807) is 18.2 Å². The van der Waals surface area contributed by atoms with Gasteiger partial charge in [-0.2, -0.15) is 0 Å². The van der Waals surface area contributed by atoms with E-state index in [2.05, 4.69) is 0 Å². The molecule has 1 heterocycles. The first-order valence-corrected chi connectivity index (χ1v) is 8.68. The Hall–Kier alpha value is -1.40. The average Bonchev–Trinajstić information content (AvgIpc) is 2.81. The van der Waals surface area contributed by atoms with Crippen LogP contribution in [-0.2, 0) is 21.2 Å². The third-order valence-corrected chi connectivity index (χ3v) is 5.20. The molecule has 0 aromatic heterocycles. The van der Waals surface area contributed by atoms with Crippen molar-refractivity contribution < 1.29 is 17.9 Å². The molecule has 5 nitrogen and oxygen atoms in total. The first-order valence-electron chi connectivity index (χ1n) is 7.07. The highest BCUT2D eigenvalue weighted by Crippen LogP contribution is 2.31. The lowest BCUT2D eigenvalue weighted by atomic mass is 10.1. The summed E-state index contributed by atoms with van der Waals surface area (Å²) >= 11 is 0. The summed E-state index contributed by atoms with van der Waals surface area (Å²) in [6.07, 6.45) is 0.657. The van der Waals surface area contributed by atoms with Crippen molar-refractivity contribution in [3.05, 3.63) is 29.3 Å². The summed E-state index contributed by atoms with van der Waals surface area (Å²) in [5.74, 6) is -0.0385. The topological polar surface area (TPSA) is 63.7 Å². The van der Waals surface area contributed by atoms with E-state index in [1.807, 2.05) is 13.8 Å². The van der Waals surface area contributed by atoms with Crippen LogP contribution in [0.15, 0.2) is 18.2 Å². The molecule has 6 heteroatoms. The van der Waals surface area contributed by atoms with Crippen molar-refractivity contribution in [2.75, 3.05) is 23.2 Å². The Balaban J connectivity index is 2.16. The summed E-state index contributed by atoms with van der Waals surface area (Å²) in [7, 11) is -3.38. The molecular formula is C15H21NO4S. The van der Waals surface area contributed by atoms with Crippen LogP contribution in [0.25, 0.3) is 0 Å². The van der Waals surface area contributed by atoms with Crippen molar-refractivity contribution in [1.29, 1.82) is 0 Å². The third-order valence-electron chi connectivity index (χ3n) is 3.47. The van der Waals surface area contributed by atoms with Crippen LogP contribution < -0.4 is 4.31 Å². The molecule has 0 spiro atoms. The van der Waals surface area contributed by atoms with Gasteiger partial charge in [0.1, 0.15) is 0 Å². The van der Waals surface area contributed by atoms with E-state index in [0.29, 0.717) is 24.2 Å². The predicted molar refractivity (Wildman–Crippen MR) is 82.4 cm³/mol. The van der Waals surface area contributed by atoms with Crippen molar-refractivity contribution in [2.24, 2.45) is 0 Å². The van der Waals surface area contributed by atoms with Crippen LogP contribution in [0.1, 0.15) is 36.7 Å². The second kappa shape index (κ2) is 6.15. The lowest BCUT2D eigenvalue weighted by Crippen LogP contribution is -2.33. The van der Waals surface area contributed by atoms with E-state index in [0.717, 1.165) is 5.56 Å². The Kier molecular flexibility index (Phi) is 4.68. The molecule has 0 saturated carbocycles. The maximum absolute atomic E-state index is 12.4. The van der Waals surface area contributed by atoms with Gasteiger partial charge >= 0.3 is 0 Å². The fourth-order valence-electron chi connectivity index (χ4n) is 2.38. The minimum Gasteiger partial charge on any atom is -0.378 e. The number of benzene rings is 1. The van der Waals surface area contributed by atoms with E-state index in [-0.39, 0.29) is 24.2 Å². The third kappa shape index (κ3) is 3.63. The van der Waals surface area contributed by atoms with Gasteiger partial charge in [0.2, 0.25) is 10.0 Å². The molecule has 0 unspecified atom stereocenters. The van der Waals surface area contributed by atoms with Crippen LogP contribution in [0.5, 0.6) is 0 Å². The summed E-state index contributed by atoms with van der Waals surface area (Å²) in [6, 6.07) is 5.19. The van der Waals surface area contributed by atoms with Crippen molar-refractivity contribution in [2.45, 2.75) is 33.3 Å². The van der Waals surface area contributed by atoms with Gasteiger partial charge in [-0.05, 0) is 51.0 Å². The second-order valence-electron chi connectivity index (χ2n) is 5.46. The zero-order valence-electron chi connectivity index (χ0n) is 12.6. The van der Waals surface area contributed by atoms with Crippen molar-refractivity contribution >= 4 is 21.5 Å². The van der Waals surface area contributed by atoms with Gasteiger partial charge in [-0.3, -0.25) is 9.10 Å². The Morgan fingerprint density at radius 2 is 2.10 bits per heavy atom. The van der Waals surface area contributed by atoms with Crippen LogP contribution in [0.2, 0.25) is 0 Å². The Bertz CT molecular complexity index is 637. The van der Waals surface area contributed by atoms with Crippen LogP contribution >= 0.6 is 0 Å². The number of carbonyl (C=O) groups excluding carboxylic acids is 1.